The van der Waals surface area contributed by atoms with E-state index in [2.05, 4.69) is 4.98 Å². The summed E-state index contributed by atoms with van der Waals surface area (Å²) in [6.07, 6.45) is -2.92. The van der Waals surface area contributed by atoms with Crippen molar-refractivity contribution in [3.63, 3.8) is 0 Å². The predicted octanol–water partition coefficient (Wildman–Crippen LogP) is 4.82. The minimum atomic E-state index is -4.40. The molecule has 8 heteroatoms. The molecule has 1 aliphatic heterocycles. The molecule has 29 heavy (non-hydrogen) atoms. The molecule has 0 saturated carbocycles. The first-order chi connectivity index (χ1) is 13.9. The molecule has 1 aliphatic rings. The van der Waals surface area contributed by atoms with Crippen LogP contribution in [-0.4, -0.2) is 39.2 Å². The van der Waals surface area contributed by atoms with E-state index >= 15 is 0 Å². The van der Waals surface area contributed by atoms with Crippen molar-refractivity contribution in [3.05, 3.63) is 59.7 Å². The lowest BCUT2D eigenvalue weighted by Crippen LogP contribution is -2.27. The van der Waals surface area contributed by atoms with Crippen molar-refractivity contribution in [1.29, 1.82) is 0 Å². The zero-order chi connectivity index (χ0) is 20.4. The Hall–Kier alpha value is -2.48. The fraction of sp³-hybridized carbons (Fsp3) is 0.333. The largest absolute Gasteiger partial charge is 0.416 e. The van der Waals surface area contributed by atoms with E-state index in [1.807, 2.05) is 39.8 Å². The molecule has 3 aromatic rings. The molecule has 2 aromatic carbocycles. The standard InChI is InChI=1S/C21H20F3N3OS/c22-21(23,24)16-8-9-18-17(13-16)25-20(27(18)14-15-5-2-1-3-6-15)29-12-11-26-10-4-7-19(26)28/h1-3,5-6,8-9,13H,4,7,10-12,14H2. The van der Waals surface area contributed by atoms with Crippen LogP contribution in [0.15, 0.2) is 53.7 Å². The van der Waals surface area contributed by atoms with E-state index in [1.54, 1.807) is 0 Å². The Bertz CT molecular complexity index is 1020. The van der Waals surface area contributed by atoms with Gasteiger partial charge in [0.2, 0.25) is 5.91 Å². The van der Waals surface area contributed by atoms with Gasteiger partial charge in [-0.2, -0.15) is 13.2 Å². The second-order valence-corrected chi connectivity index (χ2v) is 8.06. The highest BCUT2D eigenvalue weighted by Gasteiger charge is 2.31. The monoisotopic (exact) mass is 419 g/mol. The van der Waals surface area contributed by atoms with Crippen molar-refractivity contribution in [1.82, 2.24) is 14.5 Å². The second-order valence-electron chi connectivity index (χ2n) is 7.00. The average molecular weight is 419 g/mol. The maximum absolute atomic E-state index is 13.1. The van der Waals surface area contributed by atoms with Gasteiger partial charge >= 0.3 is 6.18 Å². The van der Waals surface area contributed by atoms with Crippen LogP contribution in [0, 0.1) is 0 Å². The Labute approximate surface area is 170 Å². The summed E-state index contributed by atoms with van der Waals surface area (Å²) in [7, 11) is 0. The topological polar surface area (TPSA) is 38.1 Å². The summed E-state index contributed by atoms with van der Waals surface area (Å²) in [6.45, 7) is 1.91. The minimum absolute atomic E-state index is 0.165. The van der Waals surface area contributed by atoms with Gasteiger partial charge in [-0.3, -0.25) is 4.79 Å². The molecule has 1 amide bonds. The SMILES string of the molecule is O=C1CCCN1CCSc1nc2cc(C(F)(F)F)ccc2n1Cc1ccccc1. The first kappa shape index (κ1) is 19.8. The number of hydrogen-bond donors (Lipinski definition) is 0. The molecule has 152 valence electrons. The van der Waals surface area contributed by atoms with Crippen LogP contribution in [0.3, 0.4) is 0 Å². The van der Waals surface area contributed by atoms with E-state index in [-0.39, 0.29) is 5.91 Å². The Morgan fingerprint density at radius 3 is 2.59 bits per heavy atom. The van der Waals surface area contributed by atoms with E-state index in [9.17, 15) is 18.0 Å². The number of hydrogen-bond acceptors (Lipinski definition) is 3. The molecule has 0 N–H and O–H groups in total. The number of imidazole rings is 1. The molecule has 0 unspecified atom stereocenters. The highest BCUT2D eigenvalue weighted by Crippen LogP contribution is 2.33. The molecular formula is C21H20F3N3OS. The number of carbonyl (C=O) groups is 1. The molecular weight excluding hydrogens is 399 g/mol. The summed E-state index contributed by atoms with van der Waals surface area (Å²) in [5, 5.41) is 0.662. The Balaban J connectivity index is 1.62. The summed E-state index contributed by atoms with van der Waals surface area (Å²) >= 11 is 1.47. The van der Waals surface area contributed by atoms with E-state index in [4.69, 9.17) is 0 Å². The molecule has 1 aromatic heterocycles. The van der Waals surface area contributed by atoms with Crippen LogP contribution < -0.4 is 0 Å². The number of amides is 1. The van der Waals surface area contributed by atoms with Crippen molar-refractivity contribution in [2.24, 2.45) is 0 Å². The third-order valence-corrected chi connectivity index (χ3v) is 5.94. The van der Waals surface area contributed by atoms with Gasteiger partial charge in [0.05, 0.1) is 23.1 Å². The summed E-state index contributed by atoms with van der Waals surface area (Å²) < 4.78 is 41.3. The number of carbonyl (C=O) groups excluding carboxylic acids is 1. The Kier molecular flexibility index (Phi) is 5.54. The van der Waals surface area contributed by atoms with Gasteiger partial charge in [-0.1, -0.05) is 42.1 Å². The van der Waals surface area contributed by atoms with Gasteiger partial charge in [-0.15, -0.1) is 0 Å². The fourth-order valence-electron chi connectivity index (χ4n) is 3.50. The highest BCUT2D eigenvalue weighted by molar-refractivity contribution is 7.99. The predicted molar refractivity (Wildman–Crippen MR) is 107 cm³/mol. The van der Waals surface area contributed by atoms with Crippen LogP contribution in [0.2, 0.25) is 0 Å². The lowest BCUT2D eigenvalue weighted by atomic mass is 10.2. The summed E-state index contributed by atoms with van der Waals surface area (Å²) in [4.78, 5) is 18.1. The molecule has 4 rings (SSSR count). The first-order valence-electron chi connectivity index (χ1n) is 9.44. The lowest BCUT2D eigenvalue weighted by molar-refractivity contribution is -0.137. The first-order valence-corrected chi connectivity index (χ1v) is 10.4. The fourth-order valence-corrected chi connectivity index (χ4v) is 4.48. The maximum Gasteiger partial charge on any atom is 0.416 e. The zero-order valence-corrected chi connectivity index (χ0v) is 16.5. The molecule has 2 heterocycles. The van der Waals surface area contributed by atoms with Crippen LogP contribution in [0.4, 0.5) is 13.2 Å². The van der Waals surface area contributed by atoms with Gasteiger partial charge < -0.3 is 9.47 Å². The number of nitrogens with zero attached hydrogens (tertiary/aromatic N) is 3. The molecule has 0 atom stereocenters. The van der Waals surface area contributed by atoms with Crippen LogP contribution in [0.5, 0.6) is 0 Å². The lowest BCUT2D eigenvalue weighted by Gasteiger charge is -2.15. The molecule has 0 spiro atoms. The van der Waals surface area contributed by atoms with Crippen LogP contribution in [-0.2, 0) is 17.5 Å². The number of halogens is 3. The maximum atomic E-state index is 13.1. The van der Waals surface area contributed by atoms with Gasteiger partial charge in [0, 0.05) is 25.3 Å². The third kappa shape index (κ3) is 4.42. The Morgan fingerprint density at radius 1 is 1.10 bits per heavy atom. The summed E-state index contributed by atoms with van der Waals surface area (Å²) in [6, 6.07) is 13.4. The molecule has 4 nitrogen and oxygen atoms in total. The van der Waals surface area contributed by atoms with Crippen molar-refractivity contribution >= 4 is 28.7 Å². The number of benzene rings is 2. The quantitative estimate of drug-likeness (QED) is 0.538. The minimum Gasteiger partial charge on any atom is -0.342 e. The van der Waals surface area contributed by atoms with Crippen LogP contribution in [0.1, 0.15) is 24.0 Å². The van der Waals surface area contributed by atoms with Crippen LogP contribution in [0.25, 0.3) is 11.0 Å². The average Bonchev–Trinajstić information content (AvgIpc) is 3.25. The van der Waals surface area contributed by atoms with Crippen molar-refractivity contribution in [3.8, 4) is 0 Å². The third-order valence-electron chi connectivity index (χ3n) is 4.99. The van der Waals surface area contributed by atoms with E-state index in [0.717, 1.165) is 30.7 Å². The van der Waals surface area contributed by atoms with E-state index in [1.165, 1.54) is 17.8 Å². The second kappa shape index (κ2) is 8.10. The molecule has 0 aliphatic carbocycles. The van der Waals surface area contributed by atoms with Gasteiger partial charge in [-0.25, -0.2) is 4.98 Å². The van der Waals surface area contributed by atoms with Gasteiger partial charge in [0.25, 0.3) is 0 Å². The van der Waals surface area contributed by atoms with E-state index in [0.29, 0.717) is 41.5 Å². The molecule has 1 fully saturated rings. The molecule has 0 radical (unpaired) electrons. The molecule has 1 saturated heterocycles. The smallest absolute Gasteiger partial charge is 0.342 e. The Morgan fingerprint density at radius 2 is 1.90 bits per heavy atom. The number of aromatic nitrogens is 2. The van der Waals surface area contributed by atoms with Gasteiger partial charge in [-0.05, 0) is 30.2 Å². The summed E-state index contributed by atoms with van der Waals surface area (Å²) in [5.41, 5.74) is 1.34. The highest BCUT2D eigenvalue weighted by atomic mass is 32.2. The number of fused-ring (bicyclic) bond motifs is 1. The van der Waals surface area contributed by atoms with Crippen molar-refractivity contribution in [2.45, 2.75) is 30.7 Å². The summed E-state index contributed by atoms with van der Waals surface area (Å²) in [5.74, 6) is 0.814. The van der Waals surface area contributed by atoms with Gasteiger partial charge in [0.15, 0.2) is 5.16 Å². The number of thioether (sulfide) groups is 1. The number of likely N-dealkylation sites (tertiary alicyclic amines) is 1. The number of alkyl halides is 3. The zero-order valence-electron chi connectivity index (χ0n) is 15.7. The van der Waals surface area contributed by atoms with Crippen molar-refractivity contribution in [2.75, 3.05) is 18.8 Å². The normalized spacial score (nSPS) is 14.9. The van der Waals surface area contributed by atoms with Crippen LogP contribution >= 0.6 is 11.8 Å². The van der Waals surface area contributed by atoms with Crippen molar-refractivity contribution < 1.29 is 18.0 Å². The number of rotatable bonds is 6. The van der Waals surface area contributed by atoms with E-state index < -0.39 is 11.7 Å². The van der Waals surface area contributed by atoms with Gasteiger partial charge in [0.1, 0.15) is 0 Å². The molecule has 0 bridgehead atoms.